The average Bonchev–Trinajstić information content (AvgIpc) is 2.17. The van der Waals surface area contributed by atoms with Gasteiger partial charge < -0.3 is 5.32 Å². The highest BCUT2D eigenvalue weighted by atomic mass is 79.9. The van der Waals surface area contributed by atoms with Crippen molar-refractivity contribution in [3.8, 4) is 0 Å². The Balaban J connectivity index is 2.52. The van der Waals surface area contributed by atoms with Crippen molar-refractivity contribution in [2.24, 2.45) is 0 Å². The van der Waals surface area contributed by atoms with Crippen LogP contribution in [0.5, 0.6) is 0 Å². The number of pyridine rings is 1. The first-order valence-corrected chi connectivity index (χ1v) is 6.56. The summed E-state index contributed by atoms with van der Waals surface area (Å²) in [5, 5.41) is 5.12. The fourth-order valence-corrected chi connectivity index (χ4v) is 2.18. The lowest BCUT2D eigenvalue weighted by Crippen LogP contribution is -2.26. The van der Waals surface area contributed by atoms with Crippen molar-refractivity contribution in [1.29, 1.82) is 0 Å². The molecule has 1 N–H and O–H groups in total. The van der Waals surface area contributed by atoms with Crippen molar-refractivity contribution in [3.63, 3.8) is 0 Å². The van der Waals surface area contributed by atoms with Crippen molar-refractivity contribution in [3.05, 3.63) is 33.8 Å². The number of rotatable bonds is 1. The van der Waals surface area contributed by atoms with Gasteiger partial charge in [-0.3, -0.25) is 0 Å². The van der Waals surface area contributed by atoms with Crippen LogP contribution in [0.2, 0.25) is 5.02 Å². The first-order valence-electron chi connectivity index (χ1n) is 5.39. The molecule has 4 heteroatoms. The van der Waals surface area contributed by atoms with E-state index < -0.39 is 0 Å². The zero-order valence-corrected chi connectivity index (χ0v) is 12.4. The van der Waals surface area contributed by atoms with Crippen molar-refractivity contribution in [2.75, 3.05) is 5.32 Å². The number of aromatic nitrogens is 1. The zero-order chi connectivity index (χ0) is 12.6. The molecule has 0 aliphatic carbocycles. The van der Waals surface area contributed by atoms with Crippen LogP contribution in [0.25, 0.3) is 10.9 Å². The monoisotopic (exact) mass is 312 g/mol. The molecule has 0 aliphatic rings. The normalized spacial score (nSPS) is 11.8. The second-order valence-corrected chi connectivity index (χ2v) is 6.32. The Morgan fingerprint density at radius 3 is 2.59 bits per heavy atom. The van der Waals surface area contributed by atoms with Gasteiger partial charge in [0.25, 0.3) is 0 Å². The van der Waals surface area contributed by atoms with Gasteiger partial charge in [0.05, 0.1) is 9.99 Å². The molecule has 1 aromatic carbocycles. The first-order chi connectivity index (χ1) is 7.85. The van der Waals surface area contributed by atoms with Gasteiger partial charge in [-0.25, -0.2) is 4.98 Å². The van der Waals surface area contributed by atoms with Gasteiger partial charge in [0.2, 0.25) is 0 Å². The summed E-state index contributed by atoms with van der Waals surface area (Å²) >= 11 is 9.49. The Morgan fingerprint density at radius 1 is 1.24 bits per heavy atom. The second kappa shape index (κ2) is 4.46. The number of fused-ring (bicyclic) bond motifs is 1. The molecule has 0 unspecified atom stereocenters. The average molecular weight is 314 g/mol. The minimum atomic E-state index is -0.0182. The zero-order valence-electron chi connectivity index (χ0n) is 10.0. The summed E-state index contributed by atoms with van der Waals surface area (Å²) in [6.45, 7) is 6.31. The van der Waals surface area contributed by atoms with E-state index in [1.165, 1.54) is 0 Å². The molecular weight excluding hydrogens is 300 g/mol. The maximum Gasteiger partial charge on any atom is 0.141 e. The number of hydrogen-bond donors (Lipinski definition) is 1. The van der Waals surface area contributed by atoms with Crippen LogP contribution in [-0.2, 0) is 0 Å². The van der Waals surface area contributed by atoms with E-state index in [0.717, 1.165) is 26.2 Å². The Morgan fingerprint density at radius 2 is 1.94 bits per heavy atom. The number of halogens is 2. The lowest BCUT2D eigenvalue weighted by molar-refractivity contribution is 0.630. The van der Waals surface area contributed by atoms with Crippen molar-refractivity contribution in [2.45, 2.75) is 26.3 Å². The molecule has 2 rings (SSSR count). The van der Waals surface area contributed by atoms with Gasteiger partial charge in [0.15, 0.2) is 0 Å². The van der Waals surface area contributed by atoms with Crippen LogP contribution < -0.4 is 5.32 Å². The Labute approximate surface area is 115 Å². The molecule has 0 aliphatic heterocycles. The summed E-state index contributed by atoms with van der Waals surface area (Å²) in [6, 6.07) is 7.72. The smallest absolute Gasteiger partial charge is 0.141 e. The molecule has 0 spiro atoms. The predicted octanol–water partition coefficient (Wildman–Crippen LogP) is 4.86. The van der Waals surface area contributed by atoms with Crippen LogP contribution >= 0.6 is 27.5 Å². The summed E-state index contributed by atoms with van der Waals surface area (Å²) in [5.74, 6) is 0.854. The largest absolute Gasteiger partial charge is 0.365 e. The predicted molar refractivity (Wildman–Crippen MR) is 77.8 cm³/mol. The van der Waals surface area contributed by atoms with Crippen molar-refractivity contribution in [1.82, 2.24) is 4.98 Å². The molecular formula is C13H14BrClN2. The topological polar surface area (TPSA) is 24.9 Å². The molecule has 0 saturated carbocycles. The molecule has 0 amide bonds. The van der Waals surface area contributed by atoms with Crippen LogP contribution in [0.1, 0.15) is 20.8 Å². The van der Waals surface area contributed by atoms with E-state index in [1.807, 2.05) is 24.3 Å². The lowest BCUT2D eigenvalue weighted by atomic mass is 10.1. The molecule has 0 fully saturated rings. The number of nitrogens with one attached hydrogen (secondary N) is 1. The minimum absolute atomic E-state index is 0.0182. The summed E-state index contributed by atoms with van der Waals surface area (Å²) in [7, 11) is 0. The standard InChI is InChI=1S/C13H14BrClN2/c1-13(2,3)17-12-10(14)7-8-6-9(15)4-5-11(8)16-12/h4-7H,1-3H3,(H,16,17). The maximum atomic E-state index is 5.96. The summed E-state index contributed by atoms with van der Waals surface area (Å²) in [6.07, 6.45) is 0. The third-order valence-corrected chi connectivity index (χ3v) is 3.06. The molecule has 17 heavy (non-hydrogen) atoms. The maximum absolute atomic E-state index is 5.96. The van der Waals surface area contributed by atoms with Crippen LogP contribution in [0, 0.1) is 0 Å². The molecule has 2 aromatic rings. The van der Waals surface area contributed by atoms with Gasteiger partial charge in [-0.1, -0.05) is 11.6 Å². The van der Waals surface area contributed by atoms with Crippen LogP contribution in [0.3, 0.4) is 0 Å². The van der Waals surface area contributed by atoms with E-state index in [4.69, 9.17) is 11.6 Å². The van der Waals surface area contributed by atoms with E-state index in [0.29, 0.717) is 0 Å². The molecule has 0 saturated heterocycles. The molecule has 0 radical (unpaired) electrons. The van der Waals surface area contributed by atoms with Crippen molar-refractivity contribution < 1.29 is 0 Å². The van der Waals surface area contributed by atoms with Crippen LogP contribution in [-0.4, -0.2) is 10.5 Å². The van der Waals surface area contributed by atoms with Gasteiger partial charge in [0, 0.05) is 15.9 Å². The highest BCUT2D eigenvalue weighted by molar-refractivity contribution is 9.10. The summed E-state index contributed by atoms with van der Waals surface area (Å²) in [4.78, 5) is 4.58. The number of anilines is 1. The van der Waals surface area contributed by atoms with Crippen LogP contribution in [0.4, 0.5) is 5.82 Å². The fraction of sp³-hybridized carbons (Fsp3) is 0.308. The van der Waals surface area contributed by atoms with Gasteiger partial charge in [-0.15, -0.1) is 0 Å². The quantitative estimate of drug-likeness (QED) is 0.813. The molecule has 1 heterocycles. The van der Waals surface area contributed by atoms with E-state index in [2.05, 4.69) is 47.0 Å². The Hall–Kier alpha value is -0.800. The molecule has 90 valence electrons. The highest BCUT2D eigenvalue weighted by Gasteiger charge is 2.13. The molecule has 1 aromatic heterocycles. The van der Waals surface area contributed by atoms with E-state index in [-0.39, 0.29) is 5.54 Å². The second-order valence-electron chi connectivity index (χ2n) is 5.03. The SMILES string of the molecule is CC(C)(C)Nc1nc2ccc(Cl)cc2cc1Br. The van der Waals surface area contributed by atoms with E-state index in [1.54, 1.807) is 0 Å². The lowest BCUT2D eigenvalue weighted by Gasteiger charge is -2.22. The fourth-order valence-electron chi connectivity index (χ4n) is 1.56. The molecule has 0 bridgehead atoms. The highest BCUT2D eigenvalue weighted by Crippen LogP contribution is 2.28. The third kappa shape index (κ3) is 3.11. The Kier molecular flexibility index (Phi) is 3.32. The van der Waals surface area contributed by atoms with Gasteiger partial charge in [0.1, 0.15) is 5.82 Å². The Bertz CT molecular complexity index is 561. The van der Waals surface area contributed by atoms with Gasteiger partial charge in [-0.05, 0) is 61.0 Å². The van der Waals surface area contributed by atoms with Gasteiger partial charge in [-0.2, -0.15) is 0 Å². The molecule has 2 nitrogen and oxygen atoms in total. The minimum Gasteiger partial charge on any atom is -0.365 e. The number of hydrogen-bond acceptors (Lipinski definition) is 2. The number of benzene rings is 1. The van der Waals surface area contributed by atoms with Gasteiger partial charge >= 0.3 is 0 Å². The summed E-state index contributed by atoms with van der Waals surface area (Å²) < 4.78 is 0.946. The van der Waals surface area contributed by atoms with Crippen molar-refractivity contribution >= 4 is 44.3 Å². The summed E-state index contributed by atoms with van der Waals surface area (Å²) in [5.41, 5.74) is 0.916. The van der Waals surface area contributed by atoms with E-state index >= 15 is 0 Å². The van der Waals surface area contributed by atoms with Crippen LogP contribution in [0.15, 0.2) is 28.7 Å². The molecule has 0 atom stereocenters. The first kappa shape index (κ1) is 12.7. The number of nitrogens with zero attached hydrogens (tertiary/aromatic N) is 1. The third-order valence-electron chi connectivity index (χ3n) is 2.22. The van der Waals surface area contributed by atoms with E-state index in [9.17, 15) is 0 Å².